The SMILES string of the molecule is O=P1(c2c3ccccc3c(-c3ccccc3)c3ccccc23)CCP(=O)(c2c3ccccc3c(-c3ccccc3)c3ccccc23)CCP(=O)(c2c3ccccc3c(-c3ccccc3)c3ccccc23)CC1. The highest BCUT2D eigenvalue weighted by Gasteiger charge is 2.43. The van der Waals surface area contributed by atoms with E-state index < -0.39 is 21.4 Å². The second-order valence-corrected chi connectivity index (χ2v) is 28.9. The van der Waals surface area contributed by atoms with Crippen LogP contribution in [0.15, 0.2) is 237 Å². The van der Waals surface area contributed by atoms with Crippen molar-refractivity contribution >= 4 is 102 Å². The van der Waals surface area contributed by atoms with Crippen molar-refractivity contribution < 1.29 is 13.7 Å². The van der Waals surface area contributed by atoms with Gasteiger partial charge in [0.2, 0.25) is 0 Å². The van der Waals surface area contributed by atoms with Gasteiger partial charge in [-0.05, 0) is 98.0 Å². The third-order valence-corrected chi connectivity index (χ3v) is 26.2. The maximum atomic E-state index is 17.4. The van der Waals surface area contributed by atoms with Crippen molar-refractivity contribution in [1.82, 2.24) is 0 Å². The van der Waals surface area contributed by atoms with E-state index >= 15 is 13.7 Å². The lowest BCUT2D eigenvalue weighted by molar-refractivity contribution is 0.577. The van der Waals surface area contributed by atoms with Crippen molar-refractivity contribution in [3.05, 3.63) is 237 Å². The van der Waals surface area contributed by atoms with Crippen LogP contribution in [0.3, 0.4) is 0 Å². The van der Waals surface area contributed by atoms with Crippen LogP contribution in [0.25, 0.3) is 98.0 Å². The molecule has 0 aromatic heterocycles. The highest BCUT2D eigenvalue weighted by atomic mass is 31.2. The van der Waals surface area contributed by atoms with Gasteiger partial charge in [0.15, 0.2) is 0 Å². The van der Waals surface area contributed by atoms with E-state index in [1.165, 1.54) is 0 Å². The summed E-state index contributed by atoms with van der Waals surface area (Å²) in [7, 11) is -10.7. The van der Waals surface area contributed by atoms with Crippen LogP contribution in [0.1, 0.15) is 0 Å². The summed E-state index contributed by atoms with van der Waals surface area (Å²) >= 11 is 0. The number of benzene rings is 12. The Bertz CT molecular complexity index is 3630. The zero-order valence-corrected chi connectivity index (χ0v) is 42.5. The van der Waals surface area contributed by atoms with Gasteiger partial charge in [-0.3, -0.25) is 0 Å². The summed E-state index contributed by atoms with van der Waals surface area (Å²) in [5, 5.41) is 14.3. The first-order chi connectivity index (χ1) is 35.3. The van der Waals surface area contributed by atoms with E-state index in [9.17, 15) is 0 Å². The zero-order valence-electron chi connectivity index (χ0n) is 39.8. The van der Waals surface area contributed by atoms with E-state index in [2.05, 4.69) is 182 Å². The standard InChI is InChI=1S/C66H51O3P3/c67-70(64-55-34-16-10-28-49(55)61(46-22-4-1-5-23-46)50-29-11-17-35-56(50)64)40-42-71(68,65-57-36-18-12-30-51(57)62(47-24-6-2-7-25-47)52-31-13-19-37-58(52)65)44-45-72(69,43-41-70)66-59-38-20-14-32-53(59)63(48-26-8-3-9-27-48)54-33-15-21-39-60(54)66/h1-39H,40-45H2. The van der Waals surface area contributed by atoms with E-state index in [1.54, 1.807) is 0 Å². The molecule has 0 N–H and O–H groups in total. The molecule has 1 fully saturated rings. The molecule has 1 aliphatic rings. The van der Waals surface area contributed by atoms with Gasteiger partial charge in [0.1, 0.15) is 21.4 Å². The Labute approximate surface area is 420 Å². The highest BCUT2D eigenvalue weighted by Crippen LogP contribution is 2.63. The number of hydrogen-bond acceptors (Lipinski definition) is 3. The van der Waals surface area contributed by atoms with E-state index in [0.717, 1.165) is 114 Å². The number of hydrogen-bond donors (Lipinski definition) is 0. The quantitative estimate of drug-likeness (QED) is 0.123. The largest absolute Gasteiger partial charge is 0.319 e. The summed E-state index contributed by atoms with van der Waals surface area (Å²) in [6.07, 6.45) is 1.34. The second-order valence-electron chi connectivity index (χ2n) is 19.6. The molecule has 6 heteroatoms. The van der Waals surface area contributed by atoms with Crippen molar-refractivity contribution in [2.75, 3.05) is 37.0 Å². The number of fused-ring (bicyclic) bond motifs is 6. The molecule has 1 heterocycles. The predicted molar refractivity (Wildman–Crippen MR) is 312 cm³/mol. The van der Waals surface area contributed by atoms with Crippen LogP contribution in [0.2, 0.25) is 0 Å². The summed E-state index contributed by atoms with van der Waals surface area (Å²) in [5.74, 6) is 0. The molecule has 0 aliphatic carbocycles. The van der Waals surface area contributed by atoms with Crippen molar-refractivity contribution in [3.8, 4) is 33.4 Å². The highest BCUT2D eigenvalue weighted by molar-refractivity contribution is 7.80. The molecule has 12 aromatic carbocycles. The minimum atomic E-state index is -3.57. The maximum absolute atomic E-state index is 17.4. The average Bonchev–Trinajstić information content (AvgIpc) is 3.48. The normalized spacial score (nSPS) is 19.7. The Balaban J connectivity index is 1.10. The van der Waals surface area contributed by atoms with Crippen molar-refractivity contribution in [3.63, 3.8) is 0 Å². The Morgan fingerprint density at radius 1 is 0.194 bits per heavy atom. The molecule has 12 aromatic rings. The summed E-state index contributed by atoms with van der Waals surface area (Å²) in [6.45, 7) is 0. The molecule has 0 radical (unpaired) electrons. The molecule has 0 bridgehead atoms. The van der Waals surface area contributed by atoms with Gasteiger partial charge in [0.25, 0.3) is 0 Å². The Hall–Kier alpha value is -7.11. The van der Waals surface area contributed by atoms with Crippen molar-refractivity contribution in [1.29, 1.82) is 0 Å². The first-order valence-corrected chi connectivity index (χ1v) is 31.3. The summed E-state index contributed by atoms with van der Waals surface area (Å²) in [4.78, 5) is 0. The van der Waals surface area contributed by atoms with Crippen LogP contribution >= 0.6 is 21.4 Å². The molecule has 0 atom stereocenters. The monoisotopic (exact) mass is 984 g/mol. The smallest absolute Gasteiger partial charge is 0.117 e. The lowest BCUT2D eigenvalue weighted by Gasteiger charge is -2.27. The lowest BCUT2D eigenvalue weighted by atomic mass is 9.92. The van der Waals surface area contributed by atoms with Gasteiger partial charge < -0.3 is 13.7 Å². The van der Waals surface area contributed by atoms with Crippen molar-refractivity contribution in [2.45, 2.75) is 0 Å². The molecule has 1 aliphatic heterocycles. The molecule has 1 saturated heterocycles. The van der Waals surface area contributed by atoms with Crippen LogP contribution in [0, 0.1) is 0 Å². The summed E-state index contributed by atoms with van der Waals surface area (Å²) < 4.78 is 52.1. The Morgan fingerprint density at radius 2 is 0.347 bits per heavy atom. The summed E-state index contributed by atoms with van der Waals surface area (Å²) in [5.41, 5.74) is 6.58. The average molecular weight is 985 g/mol. The topological polar surface area (TPSA) is 51.2 Å². The molecule has 0 spiro atoms. The van der Waals surface area contributed by atoms with Gasteiger partial charge in [-0.1, -0.05) is 237 Å². The van der Waals surface area contributed by atoms with Gasteiger partial charge in [0.05, 0.1) is 0 Å². The third kappa shape index (κ3) is 7.28. The zero-order chi connectivity index (χ0) is 48.4. The molecular formula is C66H51O3P3. The van der Waals surface area contributed by atoms with Crippen molar-refractivity contribution in [2.24, 2.45) is 0 Å². The molecule has 0 amide bonds. The molecule has 13 rings (SSSR count). The van der Waals surface area contributed by atoms with Crippen LogP contribution in [-0.2, 0) is 13.7 Å². The van der Waals surface area contributed by atoms with Gasteiger partial charge in [-0.2, -0.15) is 0 Å². The molecule has 348 valence electrons. The van der Waals surface area contributed by atoms with E-state index in [4.69, 9.17) is 0 Å². The lowest BCUT2D eigenvalue weighted by Crippen LogP contribution is -2.20. The fraction of sp³-hybridized carbons (Fsp3) is 0.0909. The van der Waals surface area contributed by atoms with Crippen LogP contribution in [-0.4, -0.2) is 37.0 Å². The third-order valence-electron chi connectivity index (χ3n) is 15.6. The second kappa shape index (κ2) is 17.9. The predicted octanol–water partition coefficient (Wildman–Crippen LogP) is 17.0. The van der Waals surface area contributed by atoms with Crippen LogP contribution in [0.4, 0.5) is 0 Å². The molecular weight excluding hydrogens is 934 g/mol. The Morgan fingerprint density at radius 3 is 0.528 bits per heavy atom. The number of rotatable bonds is 6. The maximum Gasteiger partial charge on any atom is 0.117 e. The minimum absolute atomic E-state index is 0.223. The van der Waals surface area contributed by atoms with Gasteiger partial charge in [-0.25, -0.2) is 0 Å². The Kier molecular flexibility index (Phi) is 11.1. The molecule has 3 nitrogen and oxygen atoms in total. The minimum Gasteiger partial charge on any atom is -0.319 e. The molecule has 0 saturated carbocycles. The van der Waals surface area contributed by atoms with Crippen LogP contribution < -0.4 is 15.9 Å². The van der Waals surface area contributed by atoms with E-state index in [1.807, 2.05) is 54.6 Å². The van der Waals surface area contributed by atoms with E-state index in [0.29, 0.717) is 0 Å². The first-order valence-electron chi connectivity index (χ1n) is 25.1. The van der Waals surface area contributed by atoms with Gasteiger partial charge >= 0.3 is 0 Å². The van der Waals surface area contributed by atoms with Gasteiger partial charge in [0, 0.05) is 52.9 Å². The van der Waals surface area contributed by atoms with E-state index in [-0.39, 0.29) is 37.0 Å². The molecule has 72 heavy (non-hydrogen) atoms. The summed E-state index contributed by atoms with van der Waals surface area (Å²) in [6, 6.07) is 81.9. The fourth-order valence-corrected chi connectivity index (χ4v) is 25.9. The fourth-order valence-electron chi connectivity index (χ4n) is 12.4. The first kappa shape index (κ1) is 44.8. The molecule has 0 unspecified atom stereocenters. The van der Waals surface area contributed by atoms with Gasteiger partial charge in [-0.15, -0.1) is 0 Å². The van der Waals surface area contributed by atoms with Crippen LogP contribution in [0.5, 0.6) is 0 Å².